The van der Waals surface area contributed by atoms with Gasteiger partial charge in [-0.25, -0.2) is 0 Å². The fourth-order valence-electron chi connectivity index (χ4n) is 1.94. The lowest BCUT2D eigenvalue weighted by molar-refractivity contribution is -0.124. The molecule has 1 atom stereocenters. The van der Waals surface area contributed by atoms with Crippen molar-refractivity contribution in [2.75, 3.05) is 25.1 Å². The van der Waals surface area contributed by atoms with E-state index in [1.807, 2.05) is 24.3 Å². The van der Waals surface area contributed by atoms with Crippen LogP contribution < -0.4 is 15.8 Å². The van der Waals surface area contributed by atoms with Gasteiger partial charge in [0.05, 0.1) is 6.61 Å². The first kappa shape index (κ1) is 13.8. The fraction of sp³-hybridized carbons (Fsp3) is 0.500. The molecule has 1 aromatic carbocycles. The Kier molecular flexibility index (Phi) is 5.18. The van der Waals surface area contributed by atoms with Crippen molar-refractivity contribution in [3.8, 4) is 5.75 Å². The third-order valence-electron chi connectivity index (χ3n) is 2.94. The van der Waals surface area contributed by atoms with Crippen LogP contribution in [-0.2, 0) is 9.53 Å². The average molecular weight is 264 g/mol. The van der Waals surface area contributed by atoms with E-state index in [4.69, 9.17) is 15.2 Å². The Morgan fingerprint density at radius 3 is 3.16 bits per heavy atom. The molecule has 1 heterocycles. The second-order valence-corrected chi connectivity index (χ2v) is 4.51. The zero-order valence-corrected chi connectivity index (χ0v) is 10.9. The Morgan fingerprint density at radius 2 is 2.42 bits per heavy atom. The molecule has 1 saturated heterocycles. The number of anilines is 1. The number of carbonyl (C=O) groups is 1. The molecule has 3 N–H and O–H groups in total. The van der Waals surface area contributed by atoms with Gasteiger partial charge in [-0.3, -0.25) is 4.79 Å². The molecule has 1 aliphatic rings. The van der Waals surface area contributed by atoms with Gasteiger partial charge in [-0.15, -0.1) is 0 Å². The van der Waals surface area contributed by atoms with Gasteiger partial charge in [0.1, 0.15) is 11.9 Å². The van der Waals surface area contributed by atoms with Gasteiger partial charge in [0.25, 0.3) is 5.91 Å². The average Bonchev–Trinajstić information content (AvgIpc) is 2.93. The maximum atomic E-state index is 11.9. The summed E-state index contributed by atoms with van der Waals surface area (Å²) in [5.41, 5.74) is 6.13. The van der Waals surface area contributed by atoms with Crippen LogP contribution in [0, 0.1) is 0 Å². The molecule has 0 bridgehead atoms. The van der Waals surface area contributed by atoms with Gasteiger partial charge in [0.15, 0.2) is 0 Å². The molecule has 19 heavy (non-hydrogen) atoms. The summed E-state index contributed by atoms with van der Waals surface area (Å²) < 4.78 is 10.9. The third-order valence-corrected chi connectivity index (χ3v) is 2.94. The van der Waals surface area contributed by atoms with Crippen molar-refractivity contribution >= 4 is 11.6 Å². The maximum Gasteiger partial charge on any atom is 0.253 e. The van der Waals surface area contributed by atoms with Crippen molar-refractivity contribution in [2.45, 2.75) is 25.4 Å². The zero-order valence-electron chi connectivity index (χ0n) is 10.9. The summed E-state index contributed by atoms with van der Waals surface area (Å²) in [5.74, 6) is 0.648. The van der Waals surface area contributed by atoms with Crippen LogP contribution in [0.5, 0.6) is 5.75 Å². The second kappa shape index (κ2) is 7.11. The number of carbonyl (C=O) groups excluding carboxylic acids is 1. The lowest BCUT2D eigenvalue weighted by Gasteiger charge is -2.11. The van der Waals surface area contributed by atoms with Crippen LogP contribution in [0.4, 0.5) is 5.69 Å². The van der Waals surface area contributed by atoms with Crippen molar-refractivity contribution in [2.24, 2.45) is 5.73 Å². The first-order valence-electron chi connectivity index (χ1n) is 6.65. The molecule has 1 aromatic rings. The van der Waals surface area contributed by atoms with Crippen molar-refractivity contribution in [1.82, 2.24) is 0 Å². The minimum absolute atomic E-state index is 0.0865. The smallest absolute Gasteiger partial charge is 0.253 e. The number of nitrogens with two attached hydrogens (primary N) is 1. The van der Waals surface area contributed by atoms with E-state index in [1.165, 1.54) is 0 Å². The van der Waals surface area contributed by atoms with Gasteiger partial charge in [-0.2, -0.15) is 0 Å². The number of ether oxygens (including phenoxy) is 2. The van der Waals surface area contributed by atoms with E-state index in [2.05, 4.69) is 5.32 Å². The lowest BCUT2D eigenvalue weighted by atomic mass is 10.2. The highest BCUT2D eigenvalue weighted by Gasteiger charge is 2.23. The topological polar surface area (TPSA) is 73.6 Å². The number of hydrogen-bond donors (Lipinski definition) is 2. The van der Waals surface area contributed by atoms with Crippen molar-refractivity contribution in [1.29, 1.82) is 0 Å². The first-order valence-corrected chi connectivity index (χ1v) is 6.65. The maximum absolute atomic E-state index is 11.9. The summed E-state index contributed by atoms with van der Waals surface area (Å²) in [7, 11) is 0. The predicted molar refractivity (Wildman–Crippen MR) is 73.2 cm³/mol. The molecule has 1 fully saturated rings. The van der Waals surface area contributed by atoms with Gasteiger partial charge >= 0.3 is 0 Å². The minimum atomic E-state index is -0.318. The number of nitrogens with one attached hydrogen (secondary N) is 1. The highest BCUT2D eigenvalue weighted by molar-refractivity contribution is 5.94. The molecule has 0 aromatic heterocycles. The Bertz CT molecular complexity index is 417. The van der Waals surface area contributed by atoms with E-state index in [-0.39, 0.29) is 12.0 Å². The Hall–Kier alpha value is -1.59. The standard InChI is InChI=1S/C14H20N2O3/c15-7-3-9-18-12-5-1-4-11(10-12)16-14(17)13-6-2-8-19-13/h1,4-5,10,13H,2-3,6-9,15H2,(H,16,17). The van der Waals surface area contributed by atoms with Crippen LogP contribution >= 0.6 is 0 Å². The molecule has 5 nitrogen and oxygen atoms in total. The van der Waals surface area contributed by atoms with E-state index < -0.39 is 0 Å². The molecule has 1 unspecified atom stereocenters. The third kappa shape index (κ3) is 4.22. The molecule has 2 rings (SSSR count). The lowest BCUT2D eigenvalue weighted by Crippen LogP contribution is -2.26. The molecule has 104 valence electrons. The highest BCUT2D eigenvalue weighted by Crippen LogP contribution is 2.19. The second-order valence-electron chi connectivity index (χ2n) is 4.51. The quantitative estimate of drug-likeness (QED) is 0.764. The Labute approximate surface area is 113 Å². The Balaban J connectivity index is 1.88. The number of benzene rings is 1. The first-order chi connectivity index (χ1) is 9.29. The molecule has 0 saturated carbocycles. The number of hydrogen-bond acceptors (Lipinski definition) is 4. The largest absolute Gasteiger partial charge is 0.493 e. The van der Waals surface area contributed by atoms with E-state index >= 15 is 0 Å². The summed E-state index contributed by atoms with van der Waals surface area (Å²) in [6, 6.07) is 7.35. The van der Waals surface area contributed by atoms with Gasteiger partial charge in [0.2, 0.25) is 0 Å². The van der Waals surface area contributed by atoms with Crippen molar-refractivity contribution in [3.63, 3.8) is 0 Å². The van der Waals surface area contributed by atoms with Gasteiger partial charge in [-0.05, 0) is 37.9 Å². The fourth-order valence-corrected chi connectivity index (χ4v) is 1.94. The van der Waals surface area contributed by atoms with Crippen molar-refractivity contribution in [3.05, 3.63) is 24.3 Å². The van der Waals surface area contributed by atoms with Crippen LogP contribution in [-0.4, -0.2) is 31.8 Å². The number of rotatable bonds is 6. The summed E-state index contributed by atoms with van der Waals surface area (Å²) in [6.07, 6.45) is 2.23. The molecule has 0 aliphatic carbocycles. The SMILES string of the molecule is NCCCOc1cccc(NC(=O)C2CCCO2)c1. The predicted octanol–water partition coefficient (Wildman–Crippen LogP) is 1.53. The van der Waals surface area contributed by atoms with Crippen molar-refractivity contribution < 1.29 is 14.3 Å². The number of amides is 1. The van der Waals surface area contributed by atoms with Crippen LogP contribution in [0.2, 0.25) is 0 Å². The molecule has 0 radical (unpaired) electrons. The van der Waals surface area contributed by atoms with E-state index in [9.17, 15) is 4.79 Å². The van der Waals surface area contributed by atoms with Gasteiger partial charge in [-0.1, -0.05) is 6.07 Å². The molecule has 1 aliphatic heterocycles. The summed E-state index contributed by atoms with van der Waals surface area (Å²) >= 11 is 0. The van der Waals surface area contributed by atoms with Crippen LogP contribution in [0.1, 0.15) is 19.3 Å². The summed E-state index contributed by atoms with van der Waals surface area (Å²) in [6.45, 7) is 1.86. The minimum Gasteiger partial charge on any atom is -0.493 e. The molecule has 5 heteroatoms. The molecular weight excluding hydrogens is 244 g/mol. The zero-order chi connectivity index (χ0) is 13.5. The molecular formula is C14H20N2O3. The van der Waals surface area contributed by atoms with Crippen LogP contribution in [0.25, 0.3) is 0 Å². The van der Waals surface area contributed by atoms with E-state index in [0.29, 0.717) is 19.8 Å². The highest BCUT2D eigenvalue weighted by atomic mass is 16.5. The van der Waals surface area contributed by atoms with E-state index in [0.717, 1.165) is 30.7 Å². The molecule has 0 spiro atoms. The van der Waals surface area contributed by atoms with Crippen LogP contribution in [0.3, 0.4) is 0 Å². The van der Waals surface area contributed by atoms with E-state index in [1.54, 1.807) is 0 Å². The summed E-state index contributed by atoms with van der Waals surface area (Å²) in [5, 5.41) is 2.85. The molecule has 1 amide bonds. The normalized spacial score (nSPS) is 18.3. The Morgan fingerprint density at radius 1 is 1.53 bits per heavy atom. The van der Waals surface area contributed by atoms with Gasteiger partial charge in [0, 0.05) is 18.4 Å². The van der Waals surface area contributed by atoms with Crippen LogP contribution in [0.15, 0.2) is 24.3 Å². The summed E-state index contributed by atoms with van der Waals surface area (Å²) in [4.78, 5) is 11.9. The monoisotopic (exact) mass is 264 g/mol. The van der Waals surface area contributed by atoms with Gasteiger partial charge < -0.3 is 20.5 Å².